The number of ether oxygens (including phenoxy) is 1. The summed E-state index contributed by atoms with van der Waals surface area (Å²) in [5.41, 5.74) is 0.436. The van der Waals surface area contributed by atoms with E-state index in [1.165, 1.54) is 0 Å². The zero-order valence-electron chi connectivity index (χ0n) is 7.43. The molecule has 1 aliphatic rings. The Hall–Kier alpha value is -1.89. The van der Waals surface area contributed by atoms with Crippen molar-refractivity contribution < 1.29 is 9.53 Å². The van der Waals surface area contributed by atoms with Gasteiger partial charge in [0.25, 0.3) is 0 Å². The molecule has 1 aromatic rings. The largest absolute Gasteiger partial charge is 0.488 e. The Balaban J connectivity index is 2.29. The molecule has 70 valence electrons. The Morgan fingerprint density at radius 2 is 2.36 bits per heavy atom. The van der Waals surface area contributed by atoms with Gasteiger partial charge in [0.15, 0.2) is 6.29 Å². The molecule has 1 aliphatic carbocycles. The van der Waals surface area contributed by atoms with Gasteiger partial charge in [-0.05, 0) is 25.0 Å². The van der Waals surface area contributed by atoms with Crippen molar-refractivity contribution in [1.29, 1.82) is 5.26 Å². The number of nitriles is 1. The fourth-order valence-corrected chi connectivity index (χ4v) is 1.07. The second-order valence-corrected chi connectivity index (χ2v) is 3.13. The summed E-state index contributed by atoms with van der Waals surface area (Å²) in [6.07, 6.45) is 2.89. The standard InChI is InChI=1S/C10H8N2O2/c11-5-7-1-4-10(9(6-13)12-7)14-8-2-3-8/h1,4,6,8H,2-3H2. The number of carbonyl (C=O) groups excluding carboxylic acids is 1. The lowest BCUT2D eigenvalue weighted by molar-refractivity contribution is 0.111. The van der Waals surface area contributed by atoms with Gasteiger partial charge in [0.05, 0.1) is 6.10 Å². The number of carbonyl (C=O) groups is 1. The summed E-state index contributed by atoms with van der Waals surface area (Å²) in [6.45, 7) is 0. The van der Waals surface area contributed by atoms with Crippen molar-refractivity contribution >= 4 is 6.29 Å². The molecule has 0 unspecified atom stereocenters. The van der Waals surface area contributed by atoms with Crippen molar-refractivity contribution in [2.24, 2.45) is 0 Å². The van der Waals surface area contributed by atoms with Gasteiger partial charge in [-0.2, -0.15) is 5.26 Å². The number of aldehydes is 1. The van der Waals surface area contributed by atoms with Crippen molar-refractivity contribution in [3.63, 3.8) is 0 Å². The molecule has 0 radical (unpaired) electrons. The molecule has 1 aromatic heterocycles. The summed E-state index contributed by atoms with van der Waals surface area (Å²) >= 11 is 0. The lowest BCUT2D eigenvalue weighted by Gasteiger charge is -2.05. The van der Waals surface area contributed by atoms with Gasteiger partial charge in [-0.3, -0.25) is 4.79 Å². The quantitative estimate of drug-likeness (QED) is 0.671. The van der Waals surface area contributed by atoms with Crippen molar-refractivity contribution in [2.75, 3.05) is 0 Å². The van der Waals surface area contributed by atoms with Crippen LogP contribution in [0.15, 0.2) is 12.1 Å². The number of aromatic nitrogens is 1. The summed E-state index contributed by atoms with van der Waals surface area (Å²) in [5.74, 6) is 0.474. The highest BCUT2D eigenvalue weighted by atomic mass is 16.5. The number of rotatable bonds is 3. The topological polar surface area (TPSA) is 63.0 Å². The van der Waals surface area contributed by atoms with E-state index in [1.54, 1.807) is 12.1 Å². The van der Waals surface area contributed by atoms with Gasteiger partial charge < -0.3 is 4.74 Å². The third-order valence-corrected chi connectivity index (χ3v) is 1.93. The molecular formula is C10H8N2O2. The zero-order chi connectivity index (χ0) is 9.97. The lowest BCUT2D eigenvalue weighted by atomic mass is 10.3. The van der Waals surface area contributed by atoms with E-state index in [0.29, 0.717) is 12.0 Å². The highest BCUT2D eigenvalue weighted by molar-refractivity contribution is 5.76. The van der Waals surface area contributed by atoms with Gasteiger partial charge >= 0.3 is 0 Å². The monoisotopic (exact) mass is 188 g/mol. The molecule has 1 heterocycles. The number of hydrogen-bond acceptors (Lipinski definition) is 4. The number of pyridine rings is 1. The van der Waals surface area contributed by atoms with Gasteiger partial charge in [-0.25, -0.2) is 4.98 Å². The van der Waals surface area contributed by atoms with Gasteiger partial charge in [-0.15, -0.1) is 0 Å². The first-order valence-corrected chi connectivity index (χ1v) is 4.36. The molecule has 1 fully saturated rings. The predicted octanol–water partition coefficient (Wildman–Crippen LogP) is 1.31. The molecule has 0 aromatic carbocycles. The van der Waals surface area contributed by atoms with Crippen LogP contribution in [0.25, 0.3) is 0 Å². The highest BCUT2D eigenvalue weighted by Gasteiger charge is 2.24. The molecular weight excluding hydrogens is 180 g/mol. The first kappa shape index (κ1) is 8.70. The molecule has 0 saturated heterocycles. The minimum atomic E-state index is 0.205. The van der Waals surface area contributed by atoms with E-state index in [0.717, 1.165) is 12.8 Å². The van der Waals surface area contributed by atoms with Crippen LogP contribution in [0.3, 0.4) is 0 Å². The Bertz CT molecular complexity index is 405. The van der Waals surface area contributed by atoms with Gasteiger partial charge in [0, 0.05) is 0 Å². The fraction of sp³-hybridized carbons (Fsp3) is 0.300. The average molecular weight is 188 g/mol. The maximum absolute atomic E-state index is 10.6. The van der Waals surface area contributed by atoms with Crippen molar-refractivity contribution in [2.45, 2.75) is 18.9 Å². The third kappa shape index (κ3) is 1.72. The van der Waals surface area contributed by atoms with Crippen LogP contribution in [-0.4, -0.2) is 17.4 Å². The maximum atomic E-state index is 10.6. The Morgan fingerprint density at radius 1 is 1.57 bits per heavy atom. The Labute approximate surface area is 81.1 Å². The molecule has 2 rings (SSSR count). The highest BCUT2D eigenvalue weighted by Crippen LogP contribution is 2.27. The van der Waals surface area contributed by atoms with Gasteiger partial charge in [-0.1, -0.05) is 0 Å². The van der Waals surface area contributed by atoms with E-state index in [1.807, 2.05) is 6.07 Å². The van der Waals surface area contributed by atoms with Crippen LogP contribution < -0.4 is 4.74 Å². The summed E-state index contributed by atoms with van der Waals surface area (Å²) in [7, 11) is 0. The summed E-state index contributed by atoms with van der Waals surface area (Å²) in [4.78, 5) is 14.5. The second-order valence-electron chi connectivity index (χ2n) is 3.13. The van der Waals surface area contributed by atoms with Crippen LogP contribution >= 0.6 is 0 Å². The fourth-order valence-electron chi connectivity index (χ4n) is 1.07. The Kier molecular flexibility index (Phi) is 2.15. The minimum Gasteiger partial charge on any atom is -0.488 e. The number of hydrogen-bond donors (Lipinski definition) is 0. The van der Waals surface area contributed by atoms with Crippen LogP contribution in [0.4, 0.5) is 0 Å². The van der Waals surface area contributed by atoms with E-state index in [9.17, 15) is 4.79 Å². The molecule has 0 N–H and O–H groups in total. The van der Waals surface area contributed by atoms with E-state index in [4.69, 9.17) is 10.00 Å². The van der Waals surface area contributed by atoms with Crippen molar-refractivity contribution in [3.8, 4) is 11.8 Å². The van der Waals surface area contributed by atoms with Crippen LogP contribution in [0.2, 0.25) is 0 Å². The second kappa shape index (κ2) is 3.46. The van der Waals surface area contributed by atoms with Crippen molar-refractivity contribution in [3.05, 3.63) is 23.5 Å². The SMILES string of the molecule is N#Cc1ccc(OC2CC2)c(C=O)n1. The van der Waals surface area contributed by atoms with E-state index in [-0.39, 0.29) is 17.5 Å². The molecule has 0 spiro atoms. The van der Waals surface area contributed by atoms with Crippen molar-refractivity contribution in [1.82, 2.24) is 4.98 Å². The van der Waals surface area contributed by atoms with Crippen LogP contribution in [0.1, 0.15) is 29.0 Å². The van der Waals surface area contributed by atoms with Crippen LogP contribution in [0, 0.1) is 11.3 Å². The summed E-state index contributed by atoms with van der Waals surface area (Å²) in [6, 6.07) is 5.04. The molecule has 1 saturated carbocycles. The minimum absolute atomic E-state index is 0.205. The van der Waals surface area contributed by atoms with E-state index in [2.05, 4.69) is 4.98 Å². The average Bonchev–Trinajstić information content (AvgIpc) is 3.02. The smallest absolute Gasteiger partial charge is 0.172 e. The summed E-state index contributed by atoms with van der Waals surface area (Å²) in [5, 5.41) is 8.57. The first-order valence-electron chi connectivity index (χ1n) is 4.36. The molecule has 0 amide bonds. The number of nitrogens with zero attached hydrogens (tertiary/aromatic N) is 2. The predicted molar refractivity (Wildman–Crippen MR) is 48.0 cm³/mol. The van der Waals surface area contributed by atoms with E-state index < -0.39 is 0 Å². The summed E-state index contributed by atoms with van der Waals surface area (Å²) < 4.78 is 5.44. The van der Waals surface area contributed by atoms with E-state index >= 15 is 0 Å². The van der Waals surface area contributed by atoms with Crippen LogP contribution in [0.5, 0.6) is 5.75 Å². The maximum Gasteiger partial charge on any atom is 0.172 e. The van der Waals surface area contributed by atoms with Crippen LogP contribution in [-0.2, 0) is 0 Å². The molecule has 0 bridgehead atoms. The van der Waals surface area contributed by atoms with Gasteiger partial charge in [0.1, 0.15) is 23.2 Å². The first-order chi connectivity index (χ1) is 6.83. The molecule has 14 heavy (non-hydrogen) atoms. The Morgan fingerprint density at radius 3 is 2.93 bits per heavy atom. The van der Waals surface area contributed by atoms with Gasteiger partial charge in [0.2, 0.25) is 0 Å². The zero-order valence-corrected chi connectivity index (χ0v) is 7.43. The molecule has 0 atom stereocenters. The normalized spacial score (nSPS) is 14.5. The molecule has 4 nitrogen and oxygen atoms in total. The molecule has 0 aliphatic heterocycles. The lowest BCUT2D eigenvalue weighted by Crippen LogP contribution is -2.01. The molecule has 4 heteroatoms. The third-order valence-electron chi connectivity index (χ3n) is 1.93.